The molecule has 2 unspecified atom stereocenters. The van der Waals surface area contributed by atoms with Crippen LogP contribution >= 0.6 is 11.8 Å². The third-order valence-electron chi connectivity index (χ3n) is 4.15. The average Bonchev–Trinajstić information content (AvgIpc) is 3.12. The predicted molar refractivity (Wildman–Crippen MR) is 74.1 cm³/mol. The molecule has 2 rings (SSSR count). The zero-order valence-electron chi connectivity index (χ0n) is 10.7. The van der Waals surface area contributed by atoms with E-state index in [2.05, 4.69) is 24.0 Å². The molecule has 2 atom stereocenters. The Balaban J connectivity index is 1.67. The summed E-state index contributed by atoms with van der Waals surface area (Å²) in [6, 6.07) is 0.896. The predicted octanol–water partition coefficient (Wildman–Crippen LogP) is 3.69. The van der Waals surface area contributed by atoms with E-state index in [1.807, 2.05) is 0 Å². The lowest BCUT2D eigenvalue weighted by molar-refractivity contribution is 0.224. The van der Waals surface area contributed by atoms with Gasteiger partial charge in [0.2, 0.25) is 0 Å². The van der Waals surface area contributed by atoms with Gasteiger partial charge in [-0.05, 0) is 55.6 Å². The van der Waals surface area contributed by atoms with E-state index in [1.54, 1.807) is 0 Å². The van der Waals surface area contributed by atoms with Gasteiger partial charge in [-0.1, -0.05) is 26.2 Å². The fraction of sp³-hybridized carbons (Fsp3) is 1.00. The van der Waals surface area contributed by atoms with Crippen molar-refractivity contribution in [2.45, 2.75) is 57.9 Å². The lowest BCUT2D eigenvalue weighted by atomic mass is 9.78. The molecule has 0 amide bonds. The summed E-state index contributed by atoms with van der Waals surface area (Å²) < 4.78 is 0. The van der Waals surface area contributed by atoms with E-state index >= 15 is 0 Å². The van der Waals surface area contributed by atoms with Gasteiger partial charge in [-0.2, -0.15) is 11.8 Å². The van der Waals surface area contributed by atoms with Crippen LogP contribution in [0.1, 0.15) is 51.9 Å². The van der Waals surface area contributed by atoms with Crippen LogP contribution in [-0.4, -0.2) is 24.1 Å². The minimum absolute atomic E-state index is 0.896. The maximum atomic E-state index is 3.74. The van der Waals surface area contributed by atoms with Gasteiger partial charge in [0.1, 0.15) is 0 Å². The van der Waals surface area contributed by atoms with Crippen molar-refractivity contribution < 1.29 is 0 Å². The molecule has 0 heterocycles. The van der Waals surface area contributed by atoms with Crippen LogP contribution < -0.4 is 5.32 Å². The second-order valence-corrected chi connectivity index (χ2v) is 6.87. The van der Waals surface area contributed by atoms with Gasteiger partial charge in [-0.3, -0.25) is 0 Å². The minimum Gasteiger partial charge on any atom is -0.314 e. The molecule has 2 aliphatic rings. The van der Waals surface area contributed by atoms with Gasteiger partial charge in [0.15, 0.2) is 0 Å². The molecule has 0 aromatic heterocycles. The SMILES string of the molecule is CCSCCC1CCCCC1CNC1CC1. The first-order chi connectivity index (χ1) is 7.90. The Labute approximate surface area is 105 Å². The van der Waals surface area contributed by atoms with Crippen LogP contribution in [0, 0.1) is 11.8 Å². The van der Waals surface area contributed by atoms with Crippen LogP contribution in [0.3, 0.4) is 0 Å². The highest BCUT2D eigenvalue weighted by Crippen LogP contribution is 2.33. The Bertz CT molecular complexity index is 191. The molecule has 0 aliphatic heterocycles. The molecule has 0 aromatic rings. The number of hydrogen-bond acceptors (Lipinski definition) is 2. The van der Waals surface area contributed by atoms with Crippen LogP contribution in [0.15, 0.2) is 0 Å². The van der Waals surface area contributed by atoms with E-state index < -0.39 is 0 Å². The van der Waals surface area contributed by atoms with E-state index in [9.17, 15) is 0 Å². The van der Waals surface area contributed by atoms with Crippen LogP contribution in [0.2, 0.25) is 0 Å². The van der Waals surface area contributed by atoms with Crippen molar-refractivity contribution >= 4 is 11.8 Å². The molecule has 16 heavy (non-hydrogen) atoms. The Morgan fingerprint density at radius 1 is 1.06 bits per heavy atom. The Hall–Kier alpha value is 0.310. The van der Waals surface area contributed by atoms with E-state index in [0.717, 1.165) is 17.9 Å². The lowest BCUT2D eigenvalue weighted by Crippen LogP contribution is -2.32. The molecule has 1 N–H and O–H groups in total. The topological polar surface area (TPSA) is 12.0 Å². The molecule has 2 saturated carbocycles. The first-order valence-electron chi connectivity index (χ1n) is 7.21. The molecule has 2 fully saturated rings. The van der Waals surface area contributed by atoms with Gasteiger partial charge in [0.25, 0.3) is 0 Å². The molecule has 0 radical (unpaired) electrons. The summed E-state index contributed by atoms with van der Waals surface area (Å²) in [6.07, 6.45) is 10.3. The molecule has 1 nitrogen and oxygen atoms in total. The van der Waals surface area contributed by atoms with Gasteiger partial charge >= 0.3 is 0 Å². The second-order valence-electron chi connectivity index (χ2n) is 5.47. The summed E-state index contributed by atoms with van der Waals surface area (Å²) in [5, 5.41) is 3.74. The summed E-state index contributed by atoms with van der Waals surface area (Å²) in [5.74, 6) is 4.70. The lowest BCUT2D eigenvalue weighted by Gasteiger charge is -2.32. The molecule has 2 aliphatic carbocycles. The van der Waals surface area contributed by atoms with Crippen molar-refractivity contribution in [2.24, 2.45) is 11.8 Å². The molecule has 2 heteroatoms. The first kappa shape index (κ1) is 12.8. The summed E-state index contributed by atoms with van der Waals surface area (Å²) >= 11 is 2.12. The summed E-state index contributed by atoms with van der Waals surface area (Å²) in [5.41, 5.74) is 0. The maximum Gasteiger partial charge on any atom is 0.00683 e. The molecule has 0 saturated heterocycles. The zero-order chi connectivity index (χ0) is 11.2. The molecule has 94 valence electrons. The smallest absolute Gasteiger partial charge is 0.00683 e. The van der Waals surface area contributed by atoms with Gasteiger partial charge in [-0.25, -0.2) is 0 Å². The quantitative estimate of drug-likeness (QED) is 0.682. The van der Waals surface area contributed by atoms with Crippen LogP contribution in [0.5, 0.6) is 0 Å². The number of hydrogen-bond donors (Lipinski definition) is 1. The first-order valence-corrected chi connectivity index (χ1v) is 8.36. The Morgan fingerprint density at radius 2 is 1.81 bits per heavy atom. The highest BCUT2D eigenvalue weighted by Gasteiger charge is 2.27. The van der Waals surface area contributed by atoms with Gasteiger partial charge in [0.05, 0.1) is 0 Å². The normalized spacial score (nSPS) is 30.6. The largest absolute Gasteiger partial charge is 0.314 e. The Kier molecular flexibility index (Phi) is 5.51. The maximum absolute atomic E-state index is 3.74. The number of nitrogens with one attached hydrogen (secondary N) is 1. The number of rotatable bonds is 7. The van der Waals surface area contributed by atoms with Gasteiger partial charge in [-0.15, -0.1) is 0 Å². The van der Waals surface area contributed by atoms with Crippen molar-refractivity contribution in [1.82, 2.24) is 5.32 Å². The molecular formula is C14H27NS. The van der Waals surface area contributed by atoms with Crippen molar-refractivity contribution in [1.29, 1.82) is 0 Å². The standard InChI is InChI=1S/C14H27NS/c1-2-16-10-9-12-5-3-4-6-13(12)11-15-14-7-8-14/h12-15H,2-11H2,1H3. The van der Waals surface area contributed by atoms with Crippen LogP contribution in [0.4, 0.5) is 0 Å². The molecule has 0 bridgehead atoms. The fourth-order valence-electron chi connectivity index (χ4n) is 2.92. The molecule has 0 aromatic carbocycles. The number of thioether (sulfide) groups is 1. The summed E-state index contributed by atoms with van der Waals surface area (Å²) in [4.78, 5) is 0. The summed E-state index contributed by atoms with van der Waals surface area (Å²) in [6.45, 7) is 3.59. The van der Waals surface area contributed by atoms with Crippen molar-refractivity contribution in [3.05, 3.63) is 0 Å². The zero-order valence-corrected chi connectivity index (χ0v) is 11.5. The van der Waals surface area contributed by atoms with E-state index in [1.165, 1.54) is 63.0 Å². The fourth-order valence-corrected chi connectivity index (χ4v) is 3.68. The van der Waals surface area contributed by atoms with Crippen LogP contribution in [-0.2, 0) is 0 Å². The monoisotopic (exact) mass is 241 g/mol. The molecular weight excluding hydrogens is 214 g/mol. The third-order valence-corrected chi connectivity index (χ3v) is 5.08. The highest BCUT2D eigenvalue weighted by atomic mass is 32.2. The van der Waals surface area contributed by atoms with Crippen LogP contribution in [0.25, 0.3) is 0 Å². The molecule has 0 spiro atoms. The van der Waals surface area contributed by atoms with Crippen molar-refractivity contribution in [3.8, 4) is 0 Å². The van der Waals surface area contributed by atoms with Gasteiger partial charge < -0.3 is 5.32 Å². The van der Waals surface area contributed by atoms with E-state index in [4.69, 9.17) is 0 Å². The summed E-state index contributed by atoms with van der Waals surface area (Å²) in [7, 11) is 0. The highest BCUT2D eigenvalue weighted by molar-refractivity contribution is 7.99. The van der Waals surface area contributed by atoms with E-state index in [0.29, 0.717) is 0 Å². The minimum atomic E-state index is 0.896. The average molecular weight is 241 g/mol. The van der Waals surface area contributed by atoms with Crippen molar-refractivity contribution in [3.63, 3.8) is 0 Å². The van der Waals surface area contributed by atoms with Crippen molar-refractivity contribution in [2.75, 3.05) is 18.1 Å². The second kappa shape index (κ2) is 6.90. The third kappa shape index (κ3) is 4.29. The van der Waals surface area contributed by atoms with E-state index in [-0.39, 0.29) is 0 Å². The Morgan fingerprint density at radius 3 is 2.50 bits per heavy atom. The van der Waals surface area contributed by atoms with Gasteiger partial charge in [0, 0.05) is 6.04 Å².